The quantitative estimate of drug-likeness (QED) is 0.277. The number of hydrogen-bond acceptors (Lipinski definition) is 10. The molecule has 0 aliphatic carbocycles. The Balaban J connectivity index is 2.26. The molecule has 0 radical (unpaired) electrons. The molecule has 0 unspecified atom stereocenters. The van der Waals surface area contributed by atoms with Crippen LogP contribution in [0.5, 0.6) is 0 Å². The molecule has 11 nitrogen and oxygen atoms in total. The highest BCUT2D eigenvalue weighted by Crippen LogP contribution is 2.36. The summed E-state index contributed by atoms with van der Waals surface area (Å²) in [4.78, 5) is 21.7. The molecule has 2 aromatic heterocycles. The summed E-state index contributed by atoms with van der Waals surface area (Å²) in [6.45, 7) is -0.648. The Labute approximate surface area is 127 Å². The second kappa shape index (κ2) is 4.91. The molecule has 1 aliphatic rings. The third-order valence-electron chi connectivity index (χ3n) is 3.43. The maximum absolute atomic E-state index is 11.8. The van der Waals surface area contributed by atoms with E-state index in [4.69, 9.17) is 15.6 Å². The highest BCUT2D eigenvalue weighted by atomic mass is 32.1. The zero-order valence-electron chi connectivity index (χ0n) is 10.9. The number of fused-ring (bicyclic) bond motifs is 1. The van der Waals surface area contributed by atoms with Crippen molar-refractivity contribution in [2.24, 2.45) is 0 Å². The maximum atomic E-state index is 11.8. The van der Waals surface area contributed by atoms with E-state index in [-0.39, 0.29) is 22.3 Å². The number of nitrogens with one attached hydrogen (secondary N) is 1. The Hall–Kier alpha value is -1.70. The molecular weight excluding hydrogens is 318 g/mol. The average Bonchev–Trinajstić information content (AvgIpc) is 2.89. The number of nitrogens with two attached hydrogens (primary N) is 1. The largest absolute Gasteiger partial charge is 0.394 e. The van der Waals surface area contributed by atoms with Crippen molar-refractivity contribution in [1.82, 2.24) is 19.5 Å². The van der Waals surface area contributed by atoms with E-state index in [1.54, 1.807) is 0 Å². The number of nitrogen functional groups attached to an aromatic ring is 1. The number of aliphatic hydroxyl groups excluding tert-OH is 3. The highest BCUT2D eigenvalue weighted by Gasteiger charge is 2.56. The first-order valence-electron chi connectivity index (χ1n) is 6.14. The van der Waals surface area contributed by atoms with Crippen molar-refractivity contribution in [3.8, 4) is 0 Å². The molecule has 1 saturated heterocycles. The fraction of sp³-hybridized carbons (Fsp3) is 0.500. The predicted octanol–water partition coefficient (Wildman–Crippen LogP) is -3.29. The predicted molar refractivity (Wildman–Crippen MR) is 74.0 cm³/mol. The molecule has 3 heterocycles. The number of nitrogens with zero attached hydrogens (tertiary/aromatic N) is 3. The molecule has 2 aromatic rings. The van der Waals surface area contributed by atoms with Crippen LogP contribution in [0.25, 0.3) is 11.2 Å². The smallest absolute Gasteiger partial charge is 0.287 e. The monoisotopic (exact) mass is 331 g/mol. The topological polar surface area (TPSA) is 180 Å². The molecule has 12 heteroatoms. The van der Waals surface area contributed by atoms with Crippen LogP contribution in [0.4, 0.5) is 5.95 Å². The lowest BCUT2D eigenvalue weighted by molar-refractivity contribution is -0.290. The summed E-state index contributed by atoms with van der Waals surface area (Å²) in [5, 5.41) is 39.3. The summed E-state index contributed by atoms with van der Waals surface area (Å²) in [5.41, 5.74) is 4.39. The standard InChI is InChI=1S/C10H13N5O6S/c11-8-13-6-3(7(19)14-8)12-9(22)15(6)10(20)5(18)4(17)2(1-16)21-10/h2,4-5,16-18,20H,1H2,(H,12,22)(H3,11,13,14,19)/t2-,4-,5-,10+/m1/s1. The van der Waals surface area contributed by atoms with E-state index in [1.165, 1.54) is 0 Å². The lowest BCUT2D eigenvalue weighted by atomic mass is 10.1. The van der Waals surface area contributed by atoms with Crippen molar-refractivity contribution in [3.05, 3.63) is 10.4 Å². The number of H-pyrrole nitrogens is 1. The van der Waals surface area contributed by atoms with Crippen molar-refractivity contribution in [2.45, 2.75) is 29.4 Å². The zero-order valence-corrected chi connectivity index (χ0v) is 11.8. The van der Waals surface area contributed by atoms with E-state index >= 15 is 0 Å². The van der Waals surface area contributed by atoms with Gasteiger partial charge in [-0.05, 0) is 0 Å². The van der Waals surface area contributed by atoms with Gasteiger partial charge in [-0.1, -0.05) is 0 Å². The van der Waals surface area contributed by atoms with Gasteiger partial charge in [0.25, 0.3) is 11.5 Å². The van der Waals surface area contributed by atoms with Gasteiger partial charge in [0.1, 0.15) is 12.2 Å². The van der Waals surface area contributed by atoms with Crippen LogP contribution in [-0.2, 0) is 10.6 Å². The van der Waals surface area contributed by atoms with Crippen molar-refractivity contribution < 1.29 is 25.2 Å². The van der Waals surface area contributed by atoms with Gasteiger partial charge in [0.15, 0.2) is 22.4 Å². The van der Waals surface area contributed by atoms with Crippen molar-refractivity contribution in [2.75, 3.05) is 12.3 Å². The minimum Gasteiger partial charge on any atom is -0.394 e. The second-order valence-electron chi connectivity index (χ2n) is 4.80. The van der Waals surface area contributed by atoms with Crippen LogP contribution in [0.2, 0.25) is 0 Å². The molecule has 0 bridgehead atoms. The highest BCUT2D eigenvalue weighted by molar-refractivity contribution is 7.80. The van der Waals surface area contributed by atoms with E-state index < -0.39 is 36.4 Å². The molecule has 22 heavy (non-hydrogen) atoms. The van der Waals surface area contributed by atoms with Crippen molar-refractivity contribution >= 4 is 29.7 Å². The van der Waals surface area contributed by atoms with Crippen LogP contribution in [0.15, 0.2) is 9.95 Å². The number of anilines is 1. The number of hydrogen-bond donors (Lipinski definition) is 7. The van der Waals surface area contributed by atoms with Gasteiger partial charge in [-0.3, -0.25) is 9.78 Å². The molecule has 120 valence electrons. The summed E-state index contributed by atoms with van der Waals surface area (Å²) in [5.74, 6) is -2.77. The fourth-order valence-electron chi connectivity index (χ4n) is 2.39. The first kappa shape index (κ1) is 15.2. The number of aliphatic hydroxyl groups is 4. The van der Waals surface area contributed by atoms with Gasteiger partial charge in [0.05, 0.1) is 6.61 Å². The van der Waals surface area contributed by atoms with E-state index in [9.17, 15) is 20.1 Å². The van der Waals surface area contributed by atoms with Gasteiger partial charge < -0.3 is 30.9 Å². The molecular formula is C10H13N5O6S. The summed E-state index contributed by atoms with van der Waals surface area (Å²) < 4.78 is 5.94. The maximum Gasteiger partial charge on any atom is 0.287 e. The van der Waals surface area contributed by atoms with Crippen LogP contribution >= 0.6 is 12.6 Å². The Kier molecular flexibility index (Phi) is 3.39. The van der Waals surface area contributed by atoms with Crippen LogP contribution < -0.4 is 11.3 Å². The Morgan fingerprint density at radius 1 is 1.45 bits per heavy atom. The molecule has 7 N–H and O–H groups in total. The Morgan fingerprint density at radius 3 is 2.73 bits per heavy atom. The minimum absolute atomic E-state index is 0.189. The lowest BCUT2D eigenvalue weighted by Gasteiger charge is -2.28. The zero-order chi connectivity index (χ0) is 16.2. The first-order chi connectivity index (χ1) is 10.3. The van der Waals surface area contributed by atoms with Crippen LogP contribution in [0.1, 0.15) is 0 Å². The first-order valence-corrected chi connectivity index (χ1v) is 6.59. The minimum atomic E-state index is -2.52. The van der Waals surface area contributed by atoms with Gasteiger partial charge in [-0.15, -0.1) is 12.6 Å². The molecule has 0 saturated carbocycles. The molecule has 4 atom stereocenters. The number of ether oxygens (including phenoxy) is 1. The van der Waals surface area contributed by atoms with Crippen LogP contribution in [-0.4, -0.2) is 64.9 Å². The third-order valence-corrected chi connectivity index (χ3v) is 3.73. The normalized spacial score (nSPS) is 32.0. The van der Waals surface area contributed by atoms with E-state index in [0.717, 1.165) is 4.57 Å². The van der Waals surface area contributed by atoms with Gasteiger partial charge in [0.2, 0.25) is 5.95 Å². The molecule has 3 rings (SSSR count). The molecule has 0 amide bonds. The number of aromatic nitrogens is 4. The van der Waals surface area contributed by atoms with Crippen molar-refractivity contribution in [1.29, 1.82) is 0 Å². The van der Waals surface area contributed by atoms with Crippen LogP contribution in [0.3, 0.4) is 0 Å². The van der Waals surface area contributed by atoms with E-state index in [2.05, 4.69) is 27.6 Å². The summed E-state index contributed by atoms with van der Waals surface area (Å²) in [6.07, 6.45) is -4.65. The van der Waals surface area contributed by atoms with Gasteiger partial charge in [0, 0.05) is 0 Å². The van der Waals surface area contributed by atoms with E-state index in [0.29, 0.717) is 0 Å². The SMILES string of the molecule is Nc1nc2c(nc(S)n2[C@@]2(O)O[C@H](CO)[C@@H](O)[C@H]2O)c(=O)[nH]1. The van der Waals surface area contributed by atoms with Gasteiger partial charge in [-0.2, -0.15) is 4.98 Å². The molecule has 1 aliphatic heterocycles. The Bertz CT molecular complexity index is 792. The number of thiol groups is 1. The molecule has 1 fully saturated rings. The van der Waals surface area contributed by atoms with Gasteiger partial charge in [-0.25, -0.2) is 9.55 Å². The number of imidazole rings is 1. The summed E-state index contributed by atoms with van der Waals surface area (Å²) in [6, 6.07) is 0. The third kappa shape index (κ3) is 1.93. The Morgan fingerprint density at radius 2 is 2.14 bits per heavy atom. The molecule has 0 spiro atoms. The van der Waals surface area contributed by atoms with Crippen LogP contribution in [0, 0.1) is 0 Å². The lowest BCUT2D eigenvalue weighted by Crippen LogP contribution is -2.46. The van der Waals surface area contributed by atoms with Crippen molar-refractivity contribution in [3.63, 3.8) is 0 Å². The second-order valence-corrected chi connectivity index (χ2v) is 5.20. The summed E-state index contributed by atoms with van der Waals surface area (Å²) in [7, 11) is 0. The number of aromatic amines is 1. The van der Waals surface area contributed by atoms with E-state index in [1.807, 2.05) is 0 Å². The summed E-state index contributed by atoms with van der Waals surface area (Å²) >= 11 is 4.02. The molecule has 0 aromatic carbocycles. The number of rotatable bonds is 2. The fourth-order valence-corrected chi connectivity index (χ4v) is 2.72. The average molecular weight is 331 g/mol. The van der Waals surface area contributed by atoms with Gasteiger partial charge >= 0.3 is 0 Å².